The monoisotopic (exact) mass is 255 g/mol. The maximum absolute atomic E-state index is 11.4. The Morgan fingerprint density at radius 3 is 2.88 bits per heavy atom. The third kappa shape index (κ3) is 1.75. The maximum atomic E-state index is 11.4. The van der Waals surface area contributed by atoms with Crippen molar-refractivity contribution in [1.82, 2.24) is 9.97 Å². The standard InChI is InChI=1S/C9H6ClN3O2S/c10-16(14,15)9-6(3-4-11)1-2-7-8(9)13-5-12-7/h1-2,5H,3H2,(H,12,13). The number of hydrogen-bond acceptors (Lipinski definition) is 4. The highest BCUT2D eigenvalue weighted by Crippen LogP contribution is 2.27. The normalized spacial score (nSPS) is 11.5. The smallest absolute Gasteiger partial charge is 0.263 e. The molecule has 2 aromatic rings. The van der Waals surface area contributed by atoms with Crippen LogP contribution in [0.1, 0.15) is 5.56 Å². The minimum Gasteiger partial charge on any atom is -0.345 e. The van der Waals surface area contributed by atoms with Crippen LogP contribution in [0.5, 0.6) is 0 Å². The average molecular weight is 256 g/mol. The van der Waals surface area contributed by atoms with E-state index in [-0.39, 0.29) is 16.8 Å². The number of halogens is 1. The van der Waals surface area contributed by atoms with E-state index in [1.165, 1.54) is 6.33 Å². The minimum absolute atomic E-state index is 0.0237. The van der Waals surface area contributed by atoms with E-state index in [1.54, 1.807) is 12.1 Å². The molecule has 1 N–H and O–H groups in total. The van der Waals surface area contributed by atoms with Gasteiger partial charge in [0.25, 0.3) is 9.05 Å². The van der Waals surface area contributed by atoms with Crippen LogP contribution in [0.4, 0.5) is 0 Å². The van der Waals surface area contributed by atoms with Crippen LogP contribution in [0.25, 0.3) is 11.0 Å². The van der Waals surface area contributed by atoms with Crippen molar-refractivity contribution in [1.29, 1.82) is 5.26 Å². The molecule has 5 nitrogen and oxygen atoms in total. The summed E-state index contributed by atoms with van der Waals surface area (Å²) in [5.74, 6) is 0. The number of aromatic nitrogens is 2. The van der Waals surface area contributed by atoms with E-state index in [9.17, 15) is 8.42 Å². The number of benzene rings is 1. The molecule has 0 saturated heterocycles. The van der Waals surface area contributed by atoms with E-state index in [4.69, 9.17) is 15.9 Å². The summed E-state index contributed by atoms with van der Waals surface area (Å²) in [5.41, 5.74) is 1.20. The van der Waals surface area contributed by atoms with Crippen molar-refractivity contribution < 1.29 is 8.42 Å². The molecule has 0 spiro atoms. The van der Waals surface area contributed by atoms with Crippen molar-refractivity contribution in [2.75, 3.05) is 0 Å². The Labute approximate surface area is 96.1 Å². The van der Waals surface area contributed by atoms with Gasteiger partial charge in [0.2, 0.25) is 0 Å². The number of aromatic amines is 1. The van der Waals surface area contributed by atoms with Gasteiger partial charge in [0.15, 0.2) is 0 Å². The topological polar surface area (TPSA) is 86.6 Å². The van der Waals surface area contributed by atoms with Crippen LogP contribution in [0.3, 0.4) is 0 Å². The van der Waals surface area contributed by atoms with Crippen molar-refractivity contribution in [3.05, 3.63) is 24.0 Å². The molecule has 1 heterocycles. The third-order valence-electron chi connectivity index (χ3n) is 2.14. The Bertz CT molecular complexity index is 684. The summed E-state index contributed by atoms with van der Waals surface area (Å²) in [6.07, 6.45) is 1.36. The van der Waals surface area contributed by atoms with Crippen LogP contribution in [0, 0.1) is 11.3 Å². The first kappa shape index (κ1) is 10.9. The van der Waals surface area contributed by atoms with Crippen molar-refractivity contribution >= 4 is 30.8 Å². The summed E-state index contributed by atoms with van der Waals surface area (Å²) < 4.78 is 22.9. The molecule has 0 amide bonds. The second-order valence-corrected chi connectivity index (χ2v) is 5.63. The summed E-state index contributed by atoms with van der Waals surface area (Å²) in [6.45, 7) is 0. The zero-order valence-corrected chi connectivity index (χ0v) is 9.51. The van der Waals surface area contributed by atoms with Crippen LogP contribution in [0.15, 0.2) is 23.4 Å². The second-order valence-electron chi connectivity index (χ2n) is 3.13. The molecule has 7 heteroatoms. The average Bonchev–Trinajstić information content (AvgIpc) is 2.63. The highest BCUT2D eigenvalue weighted by atomic mass is 35.7. The lowest BCUT2D eigenvalue weighted by molar-refractivity contribution is 0.609. The molecule has 1 aromatic heterocycles. The lowest BCUT2D eigenvalue weighted by atomic mass is 10.1. The number of hydrogen-bond donors (Lipinski definition) is 1. The van der Waals surface area contributed by atoms with E-state index in [2.05, 4.69) is 9.97 Å². The highest BCUT2D eigenvalue weighted by molar-refractivity contribution is 8.14. The van der Waals surface area contributed by atoms with Crippen molar-refractivity contribution in [2.24, 2.45) is 0 Å². The molecular formula is C9H6ClN3O2S. The highest BCUT2D eigenvalue weighted by Gasteiger charge is 2.20. The fraction of sp³-hybridized carbons (Fsp3) is 0.111. The van der Waals surface area contributed by atoms with Gasteiger partial charge >= 0.3 is 0 Å². The summed E-state index contributed by atoms with van der Waals surface area (Å²) in [7, 11) is 1.43. The van der Waals surface area contributed by atoms with Crippen LogP contribution in [-0.4, -0.2) is 18.4 Å². The molecule has 0 bridgehead atoms. The third-order valence-corrected chi connectivity index (χ3v) is 3.55. The molecule has 82 valence electrons. The van der Waals surface area contributed by atoms with E-state index >= 15 is 0 Å². The number of nitriles is 1. The molecule has 0 aliphatic heterocycles. The van der Waals surface area contributed by atoms with Crippen molar-refractivity contribution in [3.63, 3.8) is 0 Å². The Morgan fingerprint density at radius 1 is 1.50 bits per heavy atom. The van der Waals surface area contributed by atoms with Gasteiger partial charge in [0.05, 0.1) is 24.3 Å². The van der Waals surface area contributed by atoms with Crippen molar-refractivity contribution in [2.45, 2.75) is 11.3 Å². The largest absolute Gasteiger partial charge is 0.345 e. The molecule has 0 unspecified atom stereocenters. The fourth-order valence-electron chi connectivity index (χ4n) is 1.52. The van der Waals surface area contributed by atoms with E-state index in [0.717, 1.165) is 0 Å². The van der Waals surface area contributed by atoms with E-state index < -0.39 is 9.05 Å². The number of nitrogens with zero attached hydrogens (tertiary/aromatic N) is 2. The number of imidazole rings is 1. The zero-order valence-electron chi connectivity index (χ0n) is 7.94. The van der Waals surface area contributed by atoms with Gasteiger partial charge in [-0.05, 0) is 11.6 Å². The van der Waals surface area contributed by atoms with Gasteiger partial charge < -0.3 is 4.98 Å². The van der Waals surface area contributed by atoms with Gasteiger partial charge in [-0.1, -0.05) is 6.07 Å². The van der Waals surface area contributed by atoms with Gasteiger partial charge in [-0.2, -0.15) is 5.26 Å². The first-order valence-corrected chi connectivity index (χ1v) is 6.61. The van der Waals surface area contributed by atoms with Crippen LogP contribution in [0.2, 0.25) is 0 Å². The summed E-state index contributed by atoms with van der Waals surface area (Å²) >= 11 is 0. The van der Waals surface area contributed by atoms with Gasteiger partial charge in [-0.3, -0.25) is 0 Å². The summed E-state index contributed by atoms with van der Waals surface area (Å²) in [5, 5.41) is 8.62. The Hall–Kier alpha value is -1.58. The van der Waals surface area contributed by atoms with Crippen LogP contribution >= 0.6 is 10.7 Å². The predicted molar refractivity (Wildman–Crippen MR) is 58.4 cm³/mol. The molecule has 0 aliphatic carbocycles. The predicted octanol–water partition coefficient (Wildman–Crippen LogP) is 1.56. The molecule has 0 saturated carbocycles. The zero-order chi connectivity index (χ0) is 11.8. The molecule has 0 radical (unpaired) electrons. The first-order chi connectivity index (χ1) is 7.54. The SMILES string of the molecule is N#CCc1ccc2[nH]cnc2c1S(=O)(=O)Cl. The molecule has 0 atom stereocenters. The van der Waals surface area contributed by atoms with E-state index in [1.807, 2.05) is 6.07 Å². The number of H-pyrrole nitrogens is 1. The van der Waals surface area contributed by atoms with Gasteiger partial charge in [-0.25, -0.2) is 13.4 Å². The second kappa shape index (κ2) is 3.77. The summed E-state index contributed by atoms with van der Waals surface area (Å²) in [6, 6.07) is 5.11. The Kier molecular flexibility index (Phi) is 2.58. The first-order valence-electron chi connectivity index (χ1n) is 4.30. The number of rotatable bonds is 2. The molecule has 2 rings (SSSR count). The van der Waals surface area contributed by atoms with Gasteiger partial charge in [0, 0.05) is 10.7 Å². The Balaban J connectivity index is 2.88. The minimum atomic E-state index is -3.91. The maximum Gasteiger partial charge on any atom is 0.263 e. The van der Waals surface area contributed by atoms with Crippen LogP contribution in [-0.2, 0) is 15.5 Å². The van der Waals surface area contributed by atoms with Gasteiger partial charge in [-0.15, -0.1) is 0 Å². The Morgan fingerprint density at radius 2 is 2.25 bits per heavy atom. The molecule has 1 aromatic carbocycles. The van der Waals surface area contributed by atoms with Gasteiger partial charge in [0.1, 0.15) is 10.4 Å². The van der Waals surface area contributed by atoms with E-state index in [0.29, 0.717) is 11.1 Å². The van der Waals surface area contributed by atoms with Crippen molar-refractivity contribution in [3.8, 4) is 6.07 Å². The quantitative estimate of drug-likeness (QED) is 0.825. The molecule has 0 aliphatic rings. The number of nitrogens with one attached hydrogen (secondary N) is 1. The molecule has 0 fully saturated rings. The lowest BCUT2D eigenvalue weighted by Crippen LogP contribution is -1.99. The fourth-order valence-corrected chi connectivity index (χ4v) is 2.88. The molecule has 16 heavy (non-hydrogen) atoms. The van der Waals surface area contributed by atoms with Crippen LogP contribution < -0.4 is 0 Å². The molecular weight excluding hydrogens is 250 g/mol. The summed E-state index contributed by atoms with van der Waals surface area (Å²) in [4.78, 5) is 6.60. The lowest BCUT2D eigenvalue weighted by Gasteiger charge is -2.03. The number of fused-ring (bicyclic) bond motifs is 1.